The van der Waals surface area contributed by atoms with Crippen LogP contribution in [0.5, 0.6) is 5.75 Å². The molecule has 0 saturated carbocycles. The lowest BCUT2D eigenvalue weighted by Gasteiger charge is -2.24. The van der Waals surface area contributed by atoms with Gasteiger partial charge >= 0.3 is 0 Å². The van der Waals surface area contributed by atoms with E-state index in [4.69, 9.17) is 14.5 Å². The van der Waals surface area contributed by atoms with Crippen molar-refractivity contribution in [1.29, 1.82) is 5.26 Å². The fraction of sp³-hybridized carbons (Fsp3) is 0.304. The second-order valence-corrected chi connectivity index (χ2v) is 7.84. The predicted octanol–water partition coefficient (Wildman–Crippen LogP) is 3.57. The first-order valence-corrected chi connectivity index (χ1v) is 10.7. The molecule has 3 aromatic heterocycles. The molecular formula is C23H24N8O2. The molecular weight excluding hydrogens is 420 g/mol. The van der Waals surface area contributed by atoms with Crippen molar-refractivity contribution in [3.63, 3.8) is 0 Å². The molecule has 0 amide bonds. The van der Waals surface area contributed by atoms with Crippen molar-refractivity contribution in [2.75, 3.05) is 31.0 Å². The van der Waals surface area contributed by atoms with Crippen LogP contribution in [0, 0.1) is 11.3 Å². The molecule has 168 valence electrons. The molecule has 0 unspecified atom stereocenters. The van der Waals surface area contributed by atoms with Gasteiger partial charge in [-0.1, -0.05) is 6.07 Å². The normalized spacial score (nSPS) is 14.2. The topological polar surface area (TPSA) is 126 Å². The van der Waals surface area contributed by atoms with E-state index in [-0.39, 0.29) is 6.04 Å². The van der Waals surface area contributed by atoms with Gasteiger partial charge in [-0.05, 0) is 31.0 Å². The van der Waals surface area contributed by atoms with E-state index in [2.05, 4.69) is 31.8 Å². The van der Waals surface area contributed by atoms with Crippen LogP contribution in [-0.4, -0.2) is 51.1 Å². The van der Waals surface area contributed by atoms with E-state index in [0.717, 1.165) is 29.8 Å². The van der Waals surface area contributed by atoms with E-state index >= 15 is 0 Å². The summed E-state index contributed by atoms with van der Waals surface area (Å²) in [7, 11) is 3.52. The standard InChI is InChI=1S/C23H24N8O2/c1-31-18(5-8-26-31)14-3-4-17(19(11-14)32-2)28-23-29-21-20(15(12-24)13-25-21)22(30-23)27-16-6-9-33-10-7-16/h3-5,8,11,13,16H,6-7,9-10H2,1-2H3,(H3,25,27,28,29,30). The van der Waals surface area contributed by atoms with Crippen LogP contribution in [0.1, 0.15) is 18.4 Å². The van der Waals surface area contributed by atoms with E-state index in [9.17, 15) is 5.26 Å². The van der Waals surface area contributed by atoms with Crippen LogP contribution in [-0.2, 0) is 11.8 Å². The predicted molar refractivity (Wildman–Crippen MR) is 125 cm³/mol. The molecule has 0 bridgehead atoms. The molecule has 10 heteroatoms. The highest BCUT2D eigenvalue weighted by Crippen LogP contribution is 2.33. The molecule has 33 heavy (non-hydrogen) atoms. The van der Waals surface area contributed by atoms with E-state index in [1.54, 1.807) is 19.5 Å². The molecule has 0 aliphatic carbocycles. The Labute approximate surface area is 190 Å². The Morgan fingerprint density at radius 3 is 2.82 bits per heavy atom. The van der Waals surface area contributed by atoms with Crippen LogP contribution in [0.25, 0.3) is 22.3 Å². The SMILES string of the molecule is COc1cc(-c2ccnn2C)ccc1Nc1nc(NC2CCOCC2)c2c(C#N)c[nH]c2n1. The highest BCUT2D eigenvalue weighted by atomic mass is 16.5. The number of hydrogen-bond donors (Lipinski definition) is 3. The number of aromatic amines is 1. The monoisotopic (exact) mass is 444 g/mol. The van der Waals surface area contributed by atoms with Crippen LogP contribution in [0.3, 0.4) is 0 Å². The van der Waals surface area contributed by atoms with Gasteiger partial charge in [0.25, 0.3) is 0 Å². The number of ether oxygens (including phenoxy) is 2. The first-order chi connectivity index (χ1) is 16.2. The van der Waals surface area contributed by atoms with Crippen LogP contribution in [0.15, 0.2) is 36.7 Å². The number of nitrogens with zero attached hydrogens (tertiary/aromatic N) is 5. The number of benzene rings is 1. The maximum absolute atomic E-state index is 9.54. The fourth-order valence-corrected chi connectivity index (χ4v) is 4.05. The lowest BCUT2D eigenvalue weighted by molar-refractivity contribution is 0.0904. The third-order valence-corrected chi connectivity index (χ3v) is 5.78. The molecule has 10 nitrogen and oxygen atoms in total. The summed E-state index contributed by atoms with van der Waals surface area (Å²) in [5.74, 6) is 1.67. The van der Waals surface area contributed by atoms with Gasteiger partial charge in [-0.25, -0.2) is 0 Å². The van der Waals surface area contributed by atoms with Gasteiger partial charge in [-0.2, -0.15) is 20.3 Å². The minimum atomic E-state index is 0.221. The van der Waals surface area contributed by atoms with Crippen LogP contribution in [0.2, 0.25) is 0 Å². The van der Waals surface area contributed by atoms with Crippen LogP contribution < -0.4 is 15.4 Å². The van der Waals surface area contributed by atoms with E-state index in [0.29, 0.717) is 47.3 Å². The number of anilines is 3. The zero-order valence-electron chi connectivity index (χ0n) is 18.4. The number of nitriles is 1. The quantitative estimate of drug-likeness (QED) is 0.412. The molecule has 1 aliphatic rings. The number of nitrogens with one attached hydrogen (secondary N) is 3. The second-order valence-electron chi connectivity index (χ2n) is 7.84. The first kappa shape index (κ1) is 20.8. The van der Waals surface area contributed by atoms with Crippen LogP contribution >= 0.6 is 0 Å². The molecule has 1 aliphatic heterocycles. The molecule has 4 heterocycles. The van der Waals surface area contributed by atoms with Crippen molar-refractivity contribution in [2.24, 2.45) is 7.05 Å². The van der Waals surface area contributed by atoms with E-state index in [1.807, 2.05) is 36.0 Å². The van der Waals surface area contributed by atoms with Gasteiger partial charge in [0.05, 0.1) is 29.4 Å². The molecule has 0 atom stereocenters. The average molecular weight is 444 g/mol. The average Bonchev–Trinajstić information content (AvgIpc) is 3.46. The third-order valence-electron chi connectivity index (χ3n) is 5.78. The number of aromatic nitrogens is 5. The lowest BCUT2D eigenvalue weighted by Crippen LogP contribution is -2.28. The van der Waals surface area contributed by atoms with E-state index < -0.39 is 0 Å². The van der Waals surface area contributed by atoms with Crippen molar-refractivity contribution >= 4 is 28.5 Å². The number of rotatable bonds is 6. The zero-order chi connectivity index (χ0) is 22.8. The van der Waals surface area contributed by atoms with Crippen molar-refractivity contribution in [1.82, 2.24) is 24.7 Å². The molecule has 5 rings (SSSR count). The van der Waals surface area contributed by atoms with Gasteiger partial charge < -0.3 is 25.1 Å². The van der Waals surface area contributed by atoms with Gasteiger partial charge in [-0.3, -0.25) is 4.68 Å². The number of hydrogen-bond acceptors (Lipinski definition) is 8. The van der Waals surface area contributed by atoms with Gasteiger partial charge in [0.1, 0.15) is 23.3 Å². The summed E-state index contributed by atoms with van der Waals surface area (Å²) in [5.41, 5.74) is 3.79. The maximum atomic E-state index is 9.54. The van der Waals surface area contributed by atoms with Gasteiger partial charge in [0, 0.05) is 44.3 Å². The number of methoxy groups -OCH3 is 1. The van der Waals surface area contributed by atoms with Gasteiger partial charge in [-0.15, -0.1) is 0 Å². The number of H-pyrrole nitrogens is 1. The maximum Gasteiger partial charge on any atom is 0.231 e. The Morgan fingerprint density at radius 2 is 2.09 bits per heavy atom. The van der Waals surface area contributed by atoms with Crippen molar-refractivity contribution < 1.29 is 9.47 Å². The van der Waals surface area contributed by atoms with Crippen molar-refractivity contribution in [2.45, 2.75) is 18.9 Å². The smallest absolute Gasteiger partial charge is 0.231 e. The Balaban J connectivity index is 1.50. The molecule has 1 saturated heterocycles. The highest BCUT2D eigenvalue weighted by Gasteiger charge is 2.20. The molecule has 4 aromatic rings. The largest absolute Gasteiger partial charge is 0.495 e. The summed E-state index contributed by atoms with van der Waals surface area (Å²) in [6, 6.07) is 10.2. The molecule has 1 fully saturated rings. The summed E-state index contributed by atoms with van der Waals surface area (Å²) in [6.07, 6.45) is 5.17. The van der Waals surface area contributed by atoms with E-state index in [1.165, 1.54) is 0 Å². The van der Waals surface area contributed by atoms with Gasteiger partial charge in [0.15, 0.2) is 0 Å². The summed E-state index contributed by atoms with van der Waals surface area (Å²) >= 11 is 0. The molecule has 3 N–H and O–H groups in total. The first-order valence-electron chi connectivity index (χ1n) is 10.7. The third kappa shape index (κ3) is 4.06. The van der Waals surface area contributed by atoms with Crippen molar-refractivity contribution in [3.8, 4) is 23.1 Å². The van der Waals surface area contributed by atoms with Crippen LogP contribution in [0.4, 0.5) is 17.5 Å². The molecule has 0 radical (unpaired) electrons. The Bertz CT molecular complexity index is 1330. The zero-order valence-corrected chi connectivity index (χ0v) is 18.4. The minimum absolute atomic E-state index is 0.221. The highest BCUT2D eigenvalue weighted by molar-refractivity contribution is 5.93. The fourth-order valence-electron chi connectivity index (χ4n) is 4.05. The Morgan fingerprint density at radius 1 is 1.24 bits per heavy atom. The summed E-state index contributed by atoms with van der Waals surface area (Å²) in [5, 5.41) is 21.2. The summed E-state index contributed by atoms with van der Waals surface area (Å²) < 4.78 is 12.9. The van der Waals surface area contributed by atoms with Crippen molar-refractivity contribution in [3.05, 3.63) is 42.2 Å². The lowest BCUT2D eigenvalue weighted by atomic mass is 10.1. The number of fused-ring (bicyclic) bond motifs is 1. The summed E-state index contributed by atoms with van der Waals surface area (Å²) in [4.78, 5) is 12.4. The van der Waals surface area contributed by atoms with Gasteiger partial charge in [0.2, 0.25) is 5.95 Å². The Kier molecular flexibility index (Phi) is 5.54. The molecule has 1 aromatic carbocycles. The summed E-state index contributed by atoms with van der Waals surface area (Å²) in [6.45, 7) is 1.41. The minimum Gasteiger partial charge on any atom is -0.495 e. The second kappa shape index (κ2) is 8.80. The molecule has 0 spiro atoms. The Hall–Kier alpha value is -4.10. The number of aryl methyl sites for hydroxylation is 1.